The second-order valence-electron chi connectivity index (χ2n) is 4.07. The van der Waals surface area contributed by atoms with Gasteiger partial charge in [0.25, 0.3) is 0 Å². The van der Waals surface area contributed by atoms with Gasteiger partial charge in [0.2, 0.25) is 5.91 Å². The Bertz CT molecular complexity index is 188. The minimum atomic E-state index is 0.0698. The number of amides is 1. The quantitative estimate of drug-likeness (QED) is 0.612. The lowest BCUT2D eigenvalue weighted by Gasteiger charge is -2.16. The largest absolute Gasteiger partial charge is 0.354 e. The highest BCUT2D eigenvalue weighted by Gasteiger charge is 2.13. The Morgan fingerprint density at radius 1 is 1.31 bits per heavy atom. The molecular weight excluding hydrogens is 220 g/mol. The fraction of sp³-hybridized carbons (Fsp3) is 0.917. The molecule has 0 saturated heterocycles. The van der Waals surface area contributed by atoms with Crippen LogP contribution in [0.25, 0.3) is 0 Å². The van der Waals surface area contributed by atoms with Crippen LogP contribution in [0.2, 0.25) is 0 Å². The van der Waals surface area contributed by atoms with Crippen molar-refractivity contribution in [1.29, 1.82) is 0 Å². The summed E-state index contributed by atoms with van der Waals surface area (Å²) in [5.41, 5.74) is 0. The molecule has 0 aromatic carbocycles. The van der Waals surface area contributed by atoms with Crippen molar-refractivity contribution in [3.05, 3.63) is 0 Å². The molecule has 0 aromatic rings. The average molecular weight is 246 g/mol. The molecule has 1 unspecified atom stereocenters. The minimum Gasteiger partial charge on any atom is -0.354 e. The molecular formula is C12H26N2OS. The molecule has 0 saturated carbocycles. The van der Waals surface area contributed by atoms with Gasteiger partial charge in [-0.25, -0.2) is 0 Å². The van der Waals surface area contributed by atoms with Gasteiger partial charge in [-0.05, 0) is 32.6 Å². The zero-order chi connectivity index (χ0) is 12.4. The summed E-state index contributed by atoms with van der Waals surface area (Å²) in [7, 11) is 0. The number of thioether (sulfide) groups is 1. The third-order valence-electron chi connectivity index (χ3n) is 2.37. The number of carbonyl (C=O) groups is 1. The molecule has 0 aliphatic heterocycles. The number of carbonyl (C=O) groups excluding carboxylic acids is 1. The lowest BCUT2D eigenvalue weighted by molar-refractivity contribution is -0.120. The zero-order valence-corrected chi connectivity index (χ0v) is 11.8. The first-order valence-electron chi connectivity index (χ1n) is 6.24. The monoisotopic (exact) mass is 246 g/mol. The number of nitrogens with one attached hydrogen (secondary N) is 2. The first-order valence-corrected chi connectivity index (χ1v) is 7.29. The van der Waals surface area contributed by atoms with Gasteiger partial charge in [0.1, 0.15) is 0 Å². The van der Waals surface area contributed by atoms with E-state index in [-0.39, 0.29) is 11.2 Å². The fourth-order valence-electron chi connectivity index (χ4n) is 1.30. The molecule has 2 atom stereocenters. The maximum atomic E-state index is 11.7. The van der Waals surface area contributed by atoms with Gasteiger partial charge < -0.3 is 10.6 Å². The first kappa shape index (κ1) is 15.8. The fourth-order valence-corrected chi connectivity index (χ4v) is 2.34. The lowest BCUT2D eigenvalue weighted by Crippen LogP contribution is -2.41. The molecule has 2 N–H and O–H groups in total. The minimum absolute atomic E-state index is 0.0698. The predicted octanol–water partition coefficient (Wildman–Crippen LogP) is 2.02. The van der Waals surface area contributed by atoms with Crippen LogP contribution in [0.15, 0.2) is 0 Å². The summed E-state index contributed by atoms with van der Waals surface area (Å²) >= 11 is 1.74. The van der Waals surface area contributed by atoms with E-state index in [9.17, 15) is 4.79 Å². The van der Waals surface area contributed by atoms with E-state index in [1.165, 1.54) is 12.8 Å². The van der Waals surface area contributed by atoms with Crippen molar-refractivity contribution >= 4 is 17.7 Å². The van der Waals surface area contributed by atoms with Crippen LogP contribution in [0.3, 0.4) is 0 Å². The molecule has 0 aliphatic carbocycles. The van der Waals surface area contributed by atoms with Gasteiger partial charge in [-0.3, -0.25) is 4.79 Å². The topological polar surface area (TPSA) is 41.1 Å². The maximum absolute atomic E-state index is 11.7. The van der Waals surface area contributed by atoms with Crippen LogP contribution in [-0.2, 0) is 4.79 Å². The van der Waals surface area contributed by atoms with Crippen LogP contribution < -0.4 is 10.6 Å². The number of hydrogen-bond donors (Lipinski definition) is 2. The summed E-state index contributed by atoms with van der Waals surface area (Å²) in [6, 6.07) is 0.349. The number of likely N-dealkylation sites (N-methyl/N-ethyl adjacent to an activating group) is 1. The normalized spacial score (nSPS) is 14.5. The molecule has 0 aliphatic rings. The highest BCUT2D eigenvalue weighted by molar-refractivity contribution is 8.00. The third-order valence-corrected chi connectivity index (χ3v) is 3.61. The van der Waals surface area contributed by atoms with Crippen LogP contribution in [0.1, 0.15) is 40.5 Å². The van der Waals surface area contributed by atoms with Gasteiger partial charge in [-0.1, -0.05) is 20.3 Å². The molecule has 3 nitrogen and oxygen atoms in total. The van der Waals surface area contributed by atoms with Gasteiger partial charge in [-0.2, -0.15) is 0 Å². The first-order chi connectivity index (χ1) is 7.61. The number of unbranched alkanes of at least 4 members (excludes halogenated alkanes) is 1. The second kappa shape index (κ2) is 9.97. The molecule has 4 heteroatoms. The van der Waals surface area contributed by atoms with Gasteiger partial charge in [0.05, 0.1) is 5.25 Å². The van der Waals surface area contributed by atoms with Crippen molar-refractivity contribution in [2.75, 3.05) is 18.8 Å². The lowest BCUT2D eigenvalue weighted by atomic mass is 10.3. The molecule has 0 heterocycles. The molecule has 0 spiro atoms. The van der Waals surface area contributed by atoms with Gasteiger partial charge >= 0.3 is 0 Å². The van der Waals surface area contributed by atoms with Crippen molar-refractivity contribution < 1.29 is 4.79 Å². The Labute approximate surface area is 104 Å². The molecule has 0 aromatic heterocycles. The Balaban J connectivity index is 3.62. The van der Waals surface area contributed by atoms with E-state index in [1.807, 2.05) is 6.92 Å². The van der Waals surface area contributed by atoms with E-state index in [0.29, 0.717) is 12.6 Å². The van der Waals surface area contributed by atoms with E-state index in [4.69, 9.17) is 0 Å². The molecule has 0 bridgehead atoms. The SMILES string of the molecule is CCCCSC(C)C(=O)NC[C@@H](C)NCC. The van der Waals surface area contributed by atoms with Crippen molar-refractivity contribution in [1.82, 2.24) is 10.6 Å². The van der Waals surface area contributed by atoms with Crippen molar-refractivity contribution in [3.63, 3.8) is 0 Å². The summed E-state index contributed by atoms with van der Waals surface area (Å²) in [4.78, 5) is 11.7. The molecule has 0 rings (SSSR count). The van der Waals surface area contributed by atoms with Gasteiger partial charge in [0.15, 0.2) is 0 Å². The van der Waals surface area contributed by atoms with Gasteiger partial charge in [0, 0.05) is 12.6 Å². The number of rotatable bonds is 9. The van der Waals surface area contributed by atoms with Crippen molar-refractivity contribution in [3.8, 4) is 0 Å². The smallest absolute Gasteiger partial charge is 0.232 e. The predicted molar refractivity (Wildman–Crippen MR) is 73.0 cm³/mol. The van der Waals surface area contributed by atoms with Crippen LogP contribution in [0.4, 0.5) is 0 Å². The molecule has 16 heavy (non-hydrogen) atoms. The van der Waals surface area contributed by atoms with E-state index < -0.39 is 0 Å². The van der Waals surface area contributed by atoms with Crippen molar-refractivity contribution in [2.45, 2.75) is 51.8 Å². The van der Waals surface area contributed by atoms with E-state index in [2.05, 4.69) is 31.4 Å². The Hall–Kier alpha value is -0.220. The Morgan fingerprint density at radius 2 is 2.00 bits per heavy atom. The summed E-state index contributed by atoms with van der Waals surface area (Å²) < 4.78 is 0. The van der Waals surface area contributed by atoms with E-state index in [1.54, 1.807) is 11.8 Å². The van der Waals surface area contributed by atoms with Crippen LogP contribution in [0.5, 0.6) is 0 Å². The van der Waals surface area contributed by atoms with Crippen LogP contribution in [0, 0.1) is 0 Å². The number of hydrogen-bond acceptors (Lipinski definition) is 3. The van der Waals surface area contributed by atoms with Crippen LogP contribution in [-0.4, -0.2) is 36.0 Å². The third kappa shape index (κ3) is 7.99. The van der Waals surface area contributed by atoms with E-state index in [0.717, 1.165) is 12.3 Å². The Kier molecular flexibility index (Phi) is 9.83. The van der Waals surface area contributed by atoms with E-state index >= 15 is 0 Å². The Morgan fingerprint density at radius 3 is 2.56 bits per heavy atom. The molecule has 1 amide bonds. The zero-order valence-electron chi connectivity index (χ0n) is 11.0. The summed E-state index contributed by atoms with van der Waals surface area (Å²) in [5.74, 6) is 1.24. The average Bonchev–Trinajstić information content (AvgIpc) is 2.26. The summed E-state index contributed by atoms with van der Waals surface area (Å²) in [6.07, 6.45) is 2.38. The standard InChI is InChI=1S/C12H26N2OS/c1-5-7-8-16-11(4)12(15)14-9-10(3)13-6-2/h10-11,13H,5-9H2,1-4H3,(H,14,15)/t10-,11?/m1/s1. The molecule has 96 valence electrons. The summed E-state index contributed by atoms with van der Waals surface area (Å²) in [5, 5.41) is 6.31. The van der Waals surface area contributed by atoms with Crippen LogP contribution >= 0.6 is 11.8 Å². The highest BCUT2D eigenvalue weighted by atomic mass is 32.2. The van der Waals surface area contributed by atoms with Gasteiger partial charge in [-0.15, -0.1) is 11.8 Å². The highest BCUT2D eigenvalue weighted by Crippen LogP contribution is 2.12. The second-order valence-corrected chi connectivity index (χ2v) is 5.52. The maximum Gasteiger partial charge on any atom is 0.232 e. The molecule has 0 radical (unpaired) electrons. The van der Waals surface area contributed by atoms with Crippen molar-refractivity contribution in [2.24, 2.45) is 0 Å². The molecule has 0 fully saturated rings. The summed E-state index contributed by atoms with van der Waals surface area (Å²) in [6.45, 7) is 9.96.